The molecule has 0 radical (unpaired) electrons. The molecule has 0 saturated heterocycles. The number of aromatic nitrogens is 2. The maximum atomic E-state index is 13.2. The van der Waals surface area contributed by atoms with Crippen LogP contribution in [-0.2, 0) is 17.4 Å². The van der Waals surface area contributed by atoms with Crippen LogP contribution in [0.1, 0.15) is 43.5 Å². The summed E-state index contributed by atoms with van der Waals surface area (Å²) in [6, 6.07) is 12.2. The third-order valence-electron chi connectivity index (χ3n) is 5.83. The second-order valence-electron chi connectivity index (χ2n) is 9.42. The first-order chi connectivity index (χ1) is 18.2. The topological polar surface area (TPSA) is 123 Å². The number of halogens is 4. The third-order valence-corrected chi connectivity index (χ3v) is 6.05. The van der Waals surface area contributed by atoms with Gasteiger partial charge in [-0.05, 0) is 63.1 Å². The molecule has 8 nitrogen and oxygen atoms in total. The number of carbonyl (C=O) groups excluding carboxylic acids is 1. The van der Waals surface area contributed by atoms with E-state index in [4.69, 9.17) is 32.2 Å². The van der Waals surface area contributed by atoms with Gasteiger partial charge in [0.25, 0.3) is 5.91 Å². The first-order valence-electron chi connectivity index (χ1n) is 11.9. The molecule has 4 N–H and O–H groups in total. The lowest BCUT2D eigenvalue weighted by atomic mass is 9.87. The fraction of sp³-hybridized carbons (Fsp3) is 0.333. The van der Waals surface area contributed by atoms with Gasteiger partial charge in [-0.2, -0.15) is 13.2 Å². The molecule has 2 heterocycles. The van der Waals surface area contributed by atoms with Crippen molar-refractivity contribution in [3.05, 3.63) is 82.8 Å². The summed E-state index contributed by atoms with van der Waals surface area (Å²) in [6.07, 6.45) is -1.90. The van der Waals surface area contributed by atoms with Gasteiger partial charge in [-0.1, -0.05) is 23.7 Å². The van der Waals surface area contributed by atoms with E-state index >= 15 is 0 Å². The number of alkyl halides is 3. The Morgan fingerprint density at radius 1 is 1.13 bits per heavy atom. The SMILES string of the molecule is CC(NC(=O)C(C)(C)Oc1ccc(C(F)(F)F)cn1)C(Cc1ccc(Cl)cn1)c1cccc(OCC(=N)N)c1. The highest BCUT2D eigenvalue weighted by atomic mass is 35.5. The van der Waals surface area contributed by atoms with Gasteiger partial charge in [-0.15, -0.1) is 0 Å². The fourth-order valence-corrected chi connectivity index (χ4v) is 3.84. The molecule has 0 spiro atoms. The summed E-state index contributed by atoms with van der Waals surface area (Å²) in [4.78, 5) is 21.3. The van der Waals surface area contributed by atoms with Crippen molar-refractivity contribution >= 4 is 23.3 Å². The first kappa shape index (κ1) is 29.7. The Labute approximate surface area is 229 Å². The predicted octanol–water partition coefficient (Wildman–Crippen LogP) is 5.15. The second-order valence-corrected chi connectivity index (χ2v) is 9.86. The lowest BCUT2D eigenvalue weighted by Gasteiger charge is -2.30. The summed E-state index contributed by atoms with van der Waals surface area (Å²) in [5, 5.41) is 10.8. The van der Waals surface area contributed by atoms with Crippen molar-refractivity contribution < 1.29 is 27.4 Å². The zero-order chi connectivity index (χ0) is 28.8. The summed E-state index contributed by atoms with van der Waals surface area (Å²) in [6.45, 7) is 4.76. The largest absolute Gasteiger partial charge is 0.486 e. The van der Waals surface area contributed by atoms with Crippen LogP contribution in [-0.4, -0.2) is 40.0 Å². The van der Waals surface area contributed by atoms with Gasteiger partial charge in [0.1, 0.15) is 18.2 Å². The zero-order valence-electron chi connectivity index (χ0n) is 21.6. The molecular formula is C27H29ClF3N5O3. The summed E-state index contributed by atoms with van der Waals surface area (Å²) < 4.78 is 49.8. The molecule has 0 fully saturated rings. The highest BCUT2D eigenvalue weighted by Gasteiger charge is 2.35. The van der Waals surface area contributed by atoms with E-state index in [1.54, 1.807) is 30.3 Å². The van der Waals surface area contributed by atoms with Crippen molar-refractivity contribution in [1.29, 1.82) is 5.41 Å². The molecule has 3 aromatic rings. The van der Waals surface area contributed by atoms with Crippen LogP contribution in [0.15, 0.2) is 60.9 Å². The molecule has 39 heavy (non-hydrogen) atoms. The number of hydrogen-bond donors (Lipinski definition) is 3. The predicted molar refractivity (Wildman–Crippen MR) is 141 cm³/mol. The van der Waals surface area contributed by atoms with Crippen molar-refractivity contribution in [3.8, 4) is 11.6 Å². The van der Waals surface area contributed by atoms with Crippen LogP contribution in [0.5, 0.6) is 11.6 Å². The third kappa shape index (κ3) is 8.57. The van der Waals surface area contributed by atoms with Gasteiger partial charge in [0, 0.05) is 36.1 Å². The molecule has 0 aliphatic carbocycles. The van der Waals surface area contributed by atoms with Crippen molar-refractivity contribution in [3.63, 3.8) is 0 Å². The molecule has 0 saturated carbocycles. The zero-order valence-corrected chi connectivity index (χ0v) is 22.3. The standard InChI is InChI=1S/C27H29ClF3N5O3/c1-16(36-25(37)26(2,3)39-24-10-7-18(13-35-24)27(29,30)31)22(12-20-9-8-19(28)14-34-20)17-5-4-6-21(11-17)38-15-23(32)33/h4-11,13-14,16,22H,12,15H2,1-3H3,(H3,32,33)(H,36,37). The molecule has 2 unspecified atom stereocenters. The van der Waals surface area contributed by atoms with E-state index in [1.165, 1.54) is 20.0 Å². The number of rotatable bonds is 11. The molecule has 1 aromatic carbocycles. The molecule has 2 atom stereocenters. The first-order valence-corrected chi connectivity index (χ1v) is 12.3. The van der Waals surface area contributed by atoms with Crippen LogP contribution in [0.25, 0.3) is 0 Å². The Kier molecular flexibility index (Phi) is 9.39. The van der Waals surface area contributed by atoms with Gasteiger partial charge in [-0.25, -0.2) is 4.98 Å². The highest BCUT2D eigenvalue weighted by Crippen LogP contribution is 2.31. The summed E-state index contributed by atoms with van der Waals surface area (Å²) in [7, 11) is 0. The van der Waals surface area contributed by atoms with E-state index in [0.717, 1.165) is 23.4 Å². The van der Waals surface area contributed by atoms with Gasteiger partial charge >= 0.3 is 6.18 Å². The second kappa shape index (κ2) is 12.3. The summed E-state index contributed by atoms with van der Waals surface area (Å²) in [5.74, 6) is -0.494. The number of amides is 1. The van der Waals surface area contributed by atoms with Gasteiger partial charge < -0.3 is 20.5 Å². The average molecular weight is 564 g/mol. The molecule has 208 valence electrons. The number of benzene rings is 1. The Hall–Kier alpha value is -3.86. The van der Waals surface area contributed by atoms with Gasteiger partial charge in [0.05, 0.1) is 10.6 Å². The number of pyridine rings is 2. The Morgan fingerprint density at radius 3 is 2.46 bits per heavy atom. The molecule has 0 aliphatic heterocycles. The molecule has 12 heteroatoms. The summed E-state index contributed by atoms with van der Waals surface area (Å²) in [5.41, 5.74) is 4.62. The van der Waals surface area contributed by atoms with Gasteiger partial charge in [0.2, 0.25) is 5.88 Å². The van der Waals surface area contributed by atoms with Gasteiger partial charge in [-0.3, -0.25) is 15.2 Å². The number of nitrogens with one attached hydrogen (secondary N) is 2. The Bertz CT molecular complexity index is 1290. The minimum atomic E-state index is -4.53. The number of nitrogens with zero attached hydrogens (tertiary/aromatic N) is 2. The van der Waals surface area contributed by atoms with Crippen LogP contribution in [0.2, 0.25) is 5.02 Å². The van der Waals surface area contributed by atoms with E-state index in [-0.39, 0.29) is 24.2 Å². The van der Waals surface area contributed by atoms with Crippen molar-refractivity contribution in [2.24, 2.45) is 5.73 Å². The van der Waals surface area contributed by atoms with Crippen LogP contribution < -0.4 is 20.5 Å². The lowest BCUT2D eigenvalue weighted by Crippen LogP contribution is -2.51. The van der Waals surface area contributed by atoms with Crippen LogP contribution in [0.4, 0.5) is 13.2 Å². The maximum Gasteiger partial charge on any atom is 0.417 e. The Balaban J connectivity index is 1.80. The molecule has 1 amide bonds. The molecular weight excluding hydrogens is 535 g/mol. The van der Waals surface area contributed by atoms with E-state index < -0.39 is 29.3 Å². The monoisotopic (exact) mass is 563 g/mol. The molecule has 0 aliphatic rings. The van der Waals surface area contributed by atoms with Crippen molar-refractivity contribution in [2.75, 3.05) is 6.61 Å². The van der Waals surface area contributed by atoms with Crippen molar-refractivity contribution in [2.45, 2.75) is 50.9 Å². The number of carbonyl (C=O) groups is 1. The van der Waals surface area contributed by atoms with Gasteiger partial charge in [0.15, 0.2) is 5.60 Å². The highest BCUT2D eigenvalue weighted by molar-refractivity contribution is 6.30. The van der Waals surface area contributed by atoms with E-state index in [1.807, 2.05) is 13.0 Å². The van der Waals surface area contributed by atoms with Crippen molar-refractivity contribution in [1.82, 2.24) is 15.3 Å². The number of hydrogen-bond acceptors (Lipinski definition) is 6. The minimum absolute atomic E-state index is 0.0668. The number of nitrogens with two attached hydrogens (primary N) is 1. The van der Waals surface area contributed by atoms with Crippen LogP contribution in [0, 0.1) is 5.41 Å². The lowest BCUT2D eigenvalue weighted by molar-refractivity contribution is -0.138. The quantitative estimate of drug-likeness (QED) is 0.219. The Morgan fingerprint density at radius 2 is 1.87 bits per heavy atom. The fourth-order valence-electron chi connectivity index (χ4n) is 3.73. The summed E-state index contributed by atoms with van der Waals surface area (Å²) >= 11 is 5.99. The maximum absolute atomic E-state index is 13.2. The van der Waals surface area contributed by atoms with Crippen LogP contribution >= 0.6 is 11.6 Å². The van der Waals surface area contributed by atoms with E-state index in [0.29, 0.717) is 23.4 Å². The van der Waals surface area contributed by atoms with Crippen LogP contribution in [0.3, 0.4) is 0 Å². The molecule has 2 aromatic heterocycles. The van der Waals surface area contributed by atoms with E-state index in [9.17, 15) is 18.0 Å². The smallest absolute Gasteiger partial charge is 0.417 e. The normalized spacial score (nSPS) is 13.3. The average Bonchev–Trinajstić information content (AvgIpc) is 2.86. The van der Waals surface area contributed by atoms with E-state index in [2.05, 4.69) is 15.3 Å². The minimum Gasteiger partial charge on any atom is -0.486 e. The number of ether oxygens (including phenoxy) is 2. The molecule has 3 rings (SSSR count). The number of amidine groups is 1. The molecule has 0 bridgehead atoms.